The lowest BCUT2D eigenvalue weighted by Crippen LogP contribution is -2.48. The van der Waals surface area contributed by atoms with Gasteiger partial charge in [-0.25, -0.2) is 14.4 Å². The molecule has 0 spiro atoms. The number of aromatic nitrogens is 3. The number of nitrogens with zero attached hydrogens (tertiary/aromatic N) is 6. The molecule has 0 aliphatic carbocycles. The number of hydrogen-bond acceptors (Lipinski definition) is 9. The molecule has 3 N–H and O–H groups in total. The third-order valence-electron chi connectivity index (χ3n) is 8.32. The Bertz CT molecular complexity index is 1540. The highest BCUT2D eigenvalue weighted by Gasteiger charge is 2.40. The van der Waals surface area contributed by atoms with Crippen LogP contribution in [0, 0.1) is 5.82 Å². The summed E-state index contributed by atoms with van der Waals surface area (Å²) in [6.45, 7) is 5.26. The summed E-state index contributed by atoms with van der Waals surface area (Å²) in [6.07, 6.45) is 3.30. The van der Waals surface area contributed by atoms with Crippen molar-refractivity contribution in [2.45, 2.75) is 31.3 Å². The summed E-state index contributed by atoms with van der Waals surface area (Å²) in [5, 5.41) is 4.80. The molecule has 38 heavy (non-hydrogen) atoms. The van der Waals surface area contributed by atoms with Crippen molar-refractivity contribution in [2.75, 3.05) is 61.8 Å². The number of piperidine rings is 1. The van der Waals surface area contributed by atoms with Crippen molar-refractivity contribution in [1.82, 2.24) is 25.2 Å². The number of para-hydroxylation sites is 1. The van der Waals surface area contributed by atoms with E-state index >= 15 is 4.39 Å². The molecule has 3 fully saturated rings. The molecule has 2 unspecified atom stereocenters. The van der Waals surface area contributed by atoms with E-state index in [0.717, 1.165) is 69.0 Å². The first-order valence-corrected chi connectivity index (χ1v) is 14.5. The zero-order chi connectivity index (χ0) is 26.0. The van der Waals surface area contributed by atoms with Crippen LogP contribution in [-0.2, 0) is 0 Å². The SMILES string of the molecule is CN1CCCC2C1CCN2c1nc(N2CCNCC2)c2cc(Cl)c(-c3cccc4sc(N)nc34)c(F)c2n1. The number of anilines is 3. The van der Waals surface area contributed by atoms with E-state index in [4.69, 9.17) is 27.3 Å². The lowest BCUT2D eigenvalue weighted by atomic mass is 9.98. The number of rotatable bonds is 3. The van der Waals surface area contributed by atoms with Gasteiger partial charge in [0.05, 0.1) is 15.2 Å². The normalized spacial score (nSPS) is 22.5. The van der Waals surface area contributed by atoms with Crippen LogP contribution in [0.1, 0.15) is 19.3 Å². The predicted octanol–water partition coefficient (Wildman–Crippen LogP) is 4.36. The number of likely N-dealkylation sites (tertiary alicyclic amines) is 1. The van der Waals surface area contributed by atoms with Crippen LogP contribution in [0.15, 0.2) is 24.3 Å². The molecule has 2 atom stereocenters. The van der Waals surface area contributed by atoms with Crippen molar-refractivity contribution in [3.63, 3.8) is 0 Å². The fraction of sp³-hybridized carbons (Fsp3) is 0.444. The van der Waals surface area contributed by atoms with E-state index in [2.05, 4.69) is 32.0 Å². The number of likely N-dealkylation sites (N-methyl/N-ethyl adjacent to an activating group) is 1. The second kappa shape index (κ2) is 9.44. The Kier molecular flexibility index (Phi) is 6.03. The third kappa shape index (κ3) is 3.88. The van der Waals surface area contributed by atoms with Crippen LogP contribution in [0.2, 0.25) is 5.02 Å². The van der Waals surface area contributed by atoms with E-state index in [0.29, 0.717) is 55.7 Å². The zero-order valence-corrected chi connectivity index (χ0v) is 22.8. The molecule has 0 bridgehead atoms. The third-order valence-corrected chi connectivity index (χ3v) is 9.46. The van der Waals surface area contributed by atoms with Crippen molar-refractivity contribution in [3.8, 4) is 11.1 Å². The summed E-state index contributed by atoms with van der Waals surface area (Å²) in [7, 11) is 2.20. The Morgan fingerprint density at radius 2 is 1.89 bits per heavy atom. The summed E-state index contributed by atoms with van der Waals surface area (Å²) in [6, 6.07) is 8.31. The predicted molar refractivity (Wildman–Crippen MR) is 154 cm³/mol. The van der Waals surface area contributed by atoms with Gasteiger partial charge in [-0.2, -0.15) is 4.98 Å². The van der Waals surface area contributed by atoms with Crippen molar-refractivity contribution in [2.24, 2.45) is 0 Å². The monoisotopic (exact) mass is 552 g/mol. The van der Waals surface area contributed by atoms with Crippen molar-refractivity contribution in [3.05, 3.63) is 35.1 Å². The van der Waals surface area contributed by atoms with Crippen LogP contribution in [0.5, 0.6) is 0 Å². The number of piperazine rings is 1. The topological polar surface area (TPSA) is 86.4 Å². The number of benzene rings is 2. The Hall–Kier alpha value is -2.79. The minimum Gasteiger partial charge on any atom is -0.375 e. The summed E-state index contributed by atoms with van der Waals surface area (Å²) < 4.78 is 17.6. The molecule has 0 amide bonds. The largest absolute Gasteiger partial charge is 0.375 e. The van der Waals surface area contributed by atoms with Gasteiger partial charge in [0.2, 0.25) is 5.95 Å². The van der Waals surface area contributed by atoms with Crippen LogP contribution >= 0.6 is 22.9 Å². The molecule has 4 aromatic rings. The second-order valence-corrected chi connectivity index (χ2v) is 11.9. The molecule has 0 radical (unpaired) electrons. The van der Waals surface area contributed by atoms with Crippen LogP contribution in [0.25, 0.3) is 32.2 Å². The minimum atomic E-state index is -0.442. The quantitative estimate of drug-likeness (QED) is 0.388. The maximum atomic E-state index is 16.7. The number of nitrogen functional groups attached to an aromatic ring is 1. The first-order valence-electron chi connectivity index (χ1n) is 13.3. The van der Waals surface area contributed by atoms with Gasteiger partial charge in [0.25, 0.3) is 0 Å². The van der Waals surface area contributed by atoms with Gasteiger partial charge >= 0.3 is 0 Å². The van der Waals surface area contributed by atoms with E-state index in [1.807, 2.05) is 24.3 Å². The Balaban J connectivity index is 1.44. The highest BCUT2D eigenvalue weighted by Crippen LogP contribution is 2.43. The van der Waals surface area contributed by atoms with E-state index in [1.54, 1.807) is 0 Å². The first kappa shape index (κ1) is 24.3. The lowest BCUT2D eigenvalue weighted by molar-refractivity contribution is 0.179. The molecule has 3 saturated heterocycles. The van der Waals surface area contributed by atoms with E-state index in [9.17, 15) is 0 Å². The smallest absolute Gasteiger partial charge is 0.228 e. The highest BCUT2D eigenvalue weighted by atomic mass is 35.5. The van der Waals surface area contributed by atoms with E-state index < -0.39 is 5.82 Å². The van der Waals surface area contributed by atoms with Crippen LogP contribution < -0.4 is 20.9 Å². The number of fused-ring (bicyclic) bond motifs is 3. The molecule has 8 nitrogen and oxygen atoms in total. The van der Waals surface area contributed by atoms with Gasteiger partial charge in [-0.15, -0.1) is 0 Å². The van der Waals surface area contributed by atoms with Crippen molar-refractivity contribution >= 4 is 61.0 Å². The summed E-state index contributed by atoms with van der Waals surface area (Å²) >= 11 is 8.22. The molecule has 0 saturated carbocycles. The molecule has 3 aliphatic rings. The van der Waals surface area contributed by atoms with E-state index in [-0.39, 0.29) is 0 Å². The molecule has 5 heterocycles. The van der Waals surface area contributed by atoms with Crippen molar-refractivity contribution in [1.29, 1.82) is 0 Å². The number of hydrogen-bond donors (Lipinski definition) is 2. The average molecular weight is 553 g/mol. The highest BCUT2D eigenvalue weighted by molar-refractivity contribution is 7.22. The minimum absolute atomic E-state index is 0.302. The lowest BCUT2D eigenvalue weighted by Gasteiger charge is -2.38. The molecule has 2 aromatic heterocycles. The van der Waals surface area contributed by atoms with Gasteiger partial charge in [0.1, 0.15) is 11.3 Å². The Labute approximate surface area is 229 Å². The van der Waals surface area contributed by atoms with E-state index in [1.165, 1.54) is 11.3 Å². The number of halogens is 2. The first-order chi connectivity index (χ1) is 18.5. The van der Waals surface area contributed by atoms with Gasteiger partial charge < -0.3 is 25.8 Å². The number of nitrogens with two attached hydrogens (primary N) is 1. The molecule has 2 aromatic carbocycles. The van der Waals surface area contributed by atoms with Crippen LogP contribution in [0.3, 0.4) is 0 Å². The van der Waals surface area contributed by atoms with Gasteiger partial charge in [-0.1, -0.05) is 35.1 Å². The summed E-state index contributed by atoms with van der Waals surface area (Å²) in [4.78, 5) is 21.5. The Morgan fingerprint density at radius 3 is 2.74 bits per heavy atom. The molecular weight excluding hydrogens is 523 g/mol. The van der Waals surface area contributed by atoms with Crippen molar-refractivity contribution < 1.29 is 4.39 Å². The summed E-state index contributed by atoms with van der Waals surface area (Å²) in [5.74, 6) is 0.919. The molecule has 3 aliphatic heterocycles. The second-order valence-electron chi connectivity index (χ2n) is 10.5. The maximum Gasteiger partial charge on any atom is 0.228 e. The van der Waals surface area contributed by atoms with Crippen LogP contribution in [0.4, 0.5) is 21.3 Å². The molecular formula is C27H30ClFN8S. The van der Waals surface area contributed by atoms with Crippen LogP contribution in [-0.4, -0.2) is 78.3 Å². The standard InChI is InChI=1S/C27H30ClFN8S/c1-35-10-3-5-19-18(35)7-11-37(19)27-33-24-16(25(34-27)36-12-8-31-9-13-36)14-17(28)21(22(24)29)15-4-2-6-20-23(15)32-26(30)38-20/h2,4,6,14,18-19,31H,3,5,7-13H2,1H3,(H2,30,32). The fourth-order valence-corrected chi connectivity index (χ4v) is 7.55. The average Bonchev–Trinajstić information content (AvgIpc) is 3.53. The number of nitrogens with one attached hydrogen (secondary N) is 1. The summed E-state index contributed by atoms with van der Waals surface area (Å²) in [5.41, 5.74) is 7.89. The fourth-order valence-electron chi connectivity index (χ4n) is 6.49. The Morgan fingerprint density at radius 1 is 1.05 bits per heavy atom. The molecule has 198 valence electrons. The number of thiazole rings is 1. The van der Waals surface area contributed by atoms with Gasteiger partial charge in [0.15, 0.2) is 10.9 Å². The van der Waals surface area contributed by atoms with Gasteiger partial charge in [-0.3, -0.25) is 0 Å². The molecule has 7 rings (SSSR count). The maximum absolute atomic E-state index is 16.7. The van der Waals surface area contributed by atoms with Gasteiger partial charge in [0, 0.05) is 61.3 Å². The molecule has 11 heteroatoms. The zero-order valence-electron chi connectivity index (χ0n) is 21.3. The van der Waals surface area contributed by atoms with Gasteiger partial charge in [-0.05, 0) is 45.0 Å².